The number of hydrogen-bond donors (Lipinski definition) is 1. The van der Waals surface area contributed by atoms with Crippen LogP contribution < -0.4 is 10.1 Å². The number of aromatic nitrogens is 4. The Balaban J connectivity index is 1.34. The van der Waals surface area contributed by atoms with E-state index in [1.807, 2.05) is 47.2 Å². The maximum Gasteiger partial charge on any atom is 0.291 e. The van der Waals surface area contributed by atoms with Gasteiger partial charge in [-0.3, -0.25) is 4.79 Å². The van der Waals surface area contributed by atoms with E-state index < -0.39 is 5.91 Å². The highest BCUT2D eigenvalue weighted by Crippen LogP contribution is 2.31. The van der Waals surface area contributed by atoms with Crippen LogP contribution in [0.3, 0.4) is 0 Å². The van der Waals surface area contributed by atoms with Crippen molar-refractivity contribution in [3.63, 3.8) is 0 Å². The molecule has 0 radical (unpaired) electrons. The van der Waals surface area contributed by atoms with E-state index in [0.717, 1.165) is 17.1 Å². The molecule has 8 heteroatoms. The van der Waals surface area contributed by atoms with Crippen molar-refractivity contribution in [2.75, 3.05) is 6.61 Å². The topological polar surface area (TPSA) is 74.0 Å². The molecular formula is C22H18FN5O2. The van der Waals surface area contributed by atoms with E-state index in [4.69, 9.17) is 4.74 Å². The van der Waals surface area contributed by atoms with E-state index in [2.05, 4.69) is 15.4 Å². The van der Waals surface area contributed by atoms with Crippen LogP contribution in [-0.2, 0) is 6.54 Å². The summed E-state index contributed by atoms with van der Waals surface area (Å²) < 4.78 is 23.2. The van der Waals surface area contributed by atoms with Crippen LogP contribution in [0.2, 0.25) is 0 Å². The predicted octanol–water partition coefficient (Wildman–Crippen LogP) is 3.12. The molecular weight excluding hydrogens is 385 g/mol. The highest BCUT2D eigenvalue weighted by atomic mass is 19.1. The van der Waals surface area contributed by atoms with Gasteiger partial charge in [-0.25, -0.2) is 14.1 Å². The number of benzene rings is 2. The van der Waals surface area contributed by atoms with Gasteiger partial charge in [0.1, 0.15) is 30.5 Å². The smallest absolute Gasteiger partial charge is 0.291 e. The average Bonchev–Trinajstić information content (AvgIpc) is 3.40. The SMILES string of the molecule is O=C(N[C@H]1COc2ccccc2-n2cccc21)c1ncn(Cc2ccccc2F)n1. The van der Waals surface area contributed by atoms with Gasteiger partial charge in [0.25, 0.3) is 5.91 Å². The summed E-state index contributed by atoms with van der Waals surface area (Å²) in [5.74, 6) is 0.0229. The number of nitrogens with one attached hydrogen (secondary N) is 1. The second-order valence-electron chi connectivity index (χ2n) is 6.96. The molecule has 0 fully saturated rings. The second kappa shape index (κ2) is 7.47. The molecule has 7 nitrogen and oxygen atoms in total. The van der Waals surface area contributed by atoms with Crippen molar-refractivity contribution in [2.45, 2.75) is 12.6 Å². The lowest BCUT2D eigenvalue weighted by Crippen LogP contribution is -2.33. The number of fused-ring (bicyclic) bond motifs is 3. The summed E-state index contributed by atoms with van der Waals surface area (Å²) in [4.78, 5) is 16.9. The fraction of sp³-hybridized carbons (Fsp3) is 0.136. The fourth-order valence-corrected chi connectivity index (χ4v) is 3.55. The van der Waals surface area contributed by atoms with Crippen LogP contribution in [0.1, 0.15) is 27.9 Å². The van der Waals surface area contributed by atoms with Gasteiger partial charge in [-0.15, -0.1) is 5.10 Å². The molecule has 1 aliphatic heterocycles. The Hall–Kier alpha value is -3.94. The maximum atomic E-state index is 13.9. The number of carbonyl (C=O) groups is 1. The van der Waals surface area contributed by atoms with Gasteiger partial charge in [-0.2, -0.15) is 0 Å². The lowest BCUT2D eigenvalue weighted by Gasteiger charge is -2.16. The highest BCUT2D eigenvalue weighted by Gasteiger charge is 2.25. The summed E-state index contributed by atoms with van der Waals surface area (Å²) in [6.45, 7) is 0.473. The van der Waals surface area contributed by atoms with Crippen LogP contribution in [0.5, 0.6) is 5.75 Å². The minimum Gasteiger partial charge on any atom is -0.489 e. The molecule has 1 aliphatic rings. The molecule has 2 aromatic heterocycles. The van der Waals surface area contributed by atoms with Gasteiger partial charge >= 0.3 is 0 Å². The highest BCUT2D eigenvalue weighted by molar-refractivity contribution is 5.90. The fourth-order valence-electron chi connectivity index (χ4n) is 3.55. The summed E-state index contributed by atoms with van der Waals surface area (Å²) >= 11 is 0. The van der Waals surface area contributed by atoms with Crippen LogP contribution in [0, 0.1) is 5.82 Å². The van der Waals surface area contributed by atoms with Gasteiger partial charge < -0.3 is 14.6 Å². The first-order valence-electron chi connectivity index (χ1n) is 9.52. The first-order chi connectivity index (χ1) is 14.7. The molecule has 1 atom stereocenters. The van der Waals surface area contributed by atoms with Crippen molar-refractivity contribution in [1.82, 2.24) is 24.6 Å². The number of carbonyl (C=O) groups excluding carboxylic acids is 1. The first-order valence-corrected chi connectivity index (χ1v) is 9.52. The molecule has 0 bridgehead atoms. The van der Waals surface area contributed by atoms with Crippen LogP contribution in [0.4, 0.5) is 4.39 Å². The van der Waals surface area contributed by atoms with Crippen LogP contribution >= 0.6 is 0 Å². The molecule has 0 aliphatic carbocycles. The van der Waals surface area contributed by atoms with Crippen molar-refractivity contribution in [3.05, 3.63) is 96.1 Å². The van der Waals surface area contributed by atoms with Gasteiger partial charge in [-0.1, -0.05) is 30.3 Å². The number of ether oxygens (including phenoxy) is 1. The zero-order valence-corrected chi connectivity index (χ0v) is 15.9. The summed E-state index contributed by atoms with van der Waals surface area (Å²) in [5, 5.41) is 7.14. The van der Waals surface area contributed by atoms with E-state index in [1.54, 1.807) is 18.2 Å². The van der Waals surface area contributed by atoms with Crippen molar-refractivity contribution >= 4 is 5.91 Å². The van der Waals surface area contributed by atoms with Crippen molar-refractivity contribution in [2.24, 2.45) is 0 Å². The monoisotopic (exact) mass is 403 g/mol. The number of rotatable bonds is 4. The largest absolute Gasteiger partial charge is 0.489 e. The number of hydrogen-bond acceptors (Lipinski definition) is 4. The molecule has 3 heterocycles. The van der Waals surface area contributed by atoms with Crippen LogP contribution in [0.25, 0.3) is 5.69 Å². The van der Waals surface area contributed by atoms with E-state index >= 15 is 0 Å². The molecule has 4 aromatic rings. The first kappa shape index (κ1) is 18.1. The van der Waals surface area contributed by atoms with Crippen molar-refractivity contribution in [3.8, 4) is 11.4 Å². The number of nitrogens with zero attached hydrogens (tertiary/aromatic N) is 4. The van der Waals surface area contributed by atoms with Crippen LogP contribution in [0.15, 0.2) is 73.2 Å². The Morgan fingerprint density at radius 2 is 1.97 bits per heavy atom. The Labute approximate surface area is 171 Å². The standard InChI is InChI=1S/C22H18FN5O2/c23-16-7-2-1-6-15(16)12-27-14-24-21(26-27)22(29)25-17-13-30-20-10-4-3-8-19(20)28-11-5-9-18(17)28/h1-11,14,17H,12-13H2,(H,25,29)/t17-/m0/s1. The van der Waals surface area contributed by atoms with Crippen molar-refractivity contribution < 1.29 is 13.9 Å². The van der Waals surface area contributed by atoms with Gasteiger partial charge in [0.2, 0.25) is 5.82 Å². The molecule has 30 heavy (non-hydrogen) atoms. The van der Waals surface area contributed by atoms with Gasteiger partial charge in [-0.05, 0) is 30.3 Å². The molecule has 2 aromatic carbocycles. The summed E-state index contributed by atoms with van der Waals surface area (Å²) in [6, 6.07) is 17.7. The minimum absolute atomic E-state index is 0.0196. The number of para-hydroxylation sites is 2. The zero-order valence-electron chi connectivity index (χ0n) is 15.9. The maximum absolute atomic E-state index is 13.9. The average molecular weight is 403 g/mol. The Morgan fingerprint density at radius 3 is 2.87 bits per heavy atom. The molecule has 0 spiro atoms. The van der Waals surface area contributed by atoms with Gasteiger partial charge in [0.15, 0.2) is 0 Å². The quantitative estimate of drug-likeness (QED) is 0.568. The summed E-state index contributed by atoms with van der Waals surface area (Å²) in [6.07, 6.45) is 3.35. The van der Waals surface area contributed by atoms with Gasteiger partial charge in [0.05, 0.1) is 12.2 Å². The third kappa shape index (κ3) is 3.32. The predicted molar refractivity (Wildman–Crippen MR) is 107 cm³/mol. The molecule has 1 N–H and O–H groups in total. The second-order valence-corrected chi connectivity index (χ2v) is 6.96. The Morgan fingerprint density at radius 1 is 1.13 bits per heavy atom. The third-order valence-electron chi connectivity index (χ3n) is 5.00. The van der Waals surface area contributed by atoms with Crippen LogP contribution in [-0.4, -0.2) is 31.8 Å². The number of amides is 1. The van der Waals surface area contributed by atoms with E-state index in [1.165, 1.54) is 17.1 Å². The molecule has 0 saturated heterocycles. The molecule has 150 valence electrons. The minimum atomic E-state index is -0.422. The van der Waals surface area contributed by atoms with Gasteiger partial charge in [0, 0.05) is 17.5 Å². The Kier molecular flexibility index (Phi) is 4.51. The lowest BCUT2D eigenvalue weighted by molar-refractivity contribution is 0.0910. The summed E-state index contributed by atoms with van der Waals surface area (Å²) in [5.41, 5.74) is 2.29. The zero-order chi connectivity index (χ0) is 20.5. The van der Waals surface area contributed by atoms with Crippen molar-refractivity contribution in [1.29, 1.82) is 0 Å². The van der Waals surface area contributed by atoms with E-state index in [0.29, 0.717) is 5.56 Å². The van der Waals surface area contributed by atoms with E-state index in [9.17, 15) is 9.18 Å². The molecule has 5 rings (SSSR count). The Bertz CT molecular complexity index is 1220. The third-order valence-corrected chi connectivity index (χ3v) is 5.00. The molecule has 0 unspecified atom stereocenters. The molecule has 0 saturated carbocycles. The molecule has 1 amide bonds. The lowest BCUT2D eigenvalue weighted by atomic mass is 10.2. The number of halogens is 1. The normalized spacial score (nSPS) is 14.9. The summed E-state index contributed by atoms with van der Waals surface area (Å²) in [7, 11) is 0. The van der Waals surface area contributed by atoms with E-state index in [-0.39, 0.29) is 30.8 Å².